The monoisotopic (exact) mass is 266 g/mol. The second kappa shape index (κ2) is 9.27. The van der Waals surface area contributed by atoms with Crippen LogP contribution < -0.4 is 10.6 Å². The fraction of sp³-hybridized carbons (Fsp3) is 0.615. The largest absolute Gasteiger partial charge is 0.381 e. The number of carbonyl (C=O) groups excluding carboxylic acids is 1. The summed E-state index contributed by atoms with van der Waals surface area (Å²) in [4.78, 5) is 19.8. The molecule has 2 N–H and O–H groups in total. The van der Waals surface area contributed by atoms with E-state index in [2.05, 4.69) is 27.5 Å². The van der Waals surface area contributed by atoms with Crippen molar-refractivity contribution in [1.82, 2.24) is 15.3 Å². The molecule has 0 spiro atoms. The summed E-state index contributed by atoms with van der Waals surface area (Å²) < 4.78 is 5.41. The van der Waals surface area contributed by atoms with E-state index in [1.165, 1.54) is 6.20 Å². The molecule has 0 radical (unpaired) electrons. The maximum atomic E-state index is 11.8. The molecule has 0 unspecified atom stereocenters. The van der Waals surface area contributed by atoms with Gasteiger partial charge in [-0.3, -0.25) is 9.78 Å². The van der Waals surface area contributed by atoms with E-state index in [1.807, 2.05) is 0 Å². The second-order valence-electron chi connectivity index (χ2n) is 4.11. The lowest BCUT2D eigenvalue weighted by molar-refractivity contribution is 0.0935. The molecular formula is C13H22N4O2. The highest BCUT2D eigenvalue weighted by Crippen LogP contribution is 2.00. The first-order valence-electron chi connectivity index (χ1n) is 6.63. The Hall–Kier alpha value is -1.69. The van der Waals surface area contributed by atoms with Gasteiger partial charge in [0.2, 0.25) is 0 Å². The summed E-state index contributed by atoms with van der Waals surface area (Å²) in [6.45, 7) is 4.17. The topological polar surface area (TPSA) is 76.1 Å². The van der Waals surface area contributed by atoms with Crippen LogP contribution in [0.25, 0.3) is 0 Å². The minimum Gasteiger partial charge on any atom is -0.381 e. The van der Waals surface area contributed by atoms with Crippen LogP contribution in [-0.2, 0) is 4.74 Å². The van der Waals surface area contributed by atoms with Crippen molar-refractivity contribution in [3.63, 3.8) is 0 Å². The molecule has 6 nitrogen and oxygen atoms in total. The van der Waals surface area contributed by atoms with E-state index in [0.29, 0.717) is 24.7 Å². The first kappa shape index (κ1) is 15.4. The molecule has 106 valence electrons. The molecule has 1 rings (SSSR count). The number of nitrogens with one attached hydrogen (secondary N) is 2. The van der Waals surface area contributed by atoms with Crippen LogP contribution in [0.15, 0.2) is 12.4 Å². The lowest BCUT2D eigenvalue weighted by Crippen LogP contribution is -2.26. The van der Waals surface area contributed by atoms with E-state index in [9.17, 15) is 4.79 Å². The van der Waals surface area contributed by atoms with E-state index >= 15 is 0 Å². The number of ether oxygens (including phenoxy) is 1. The molecule has 0 aliphatic carbocycles. The molecule has 0 aliphatic rings. The third kappa shape index (κ3) is 6.15. The highest BCUT2D eigenvalue weighted by Gasteiger charge is 2.07. The van der Waals surface area contributed by atoms with Gasteiger partial charge in [0.1, 0.15) is 11.5 Å². The van der Waals surface area contributed by atoms with Crippen molar-refractivity contribution in [2.45, 2.75) is 26.2 Å². The summed E-state index contributed by atoms with van der Waals surface area (Å²) in [5, 5.41) is 5.64. The average molecular weight is 266 g/mol. The van der Waals surface area contributed by atoms with Crippen LogP contribution >= 0.6 is 0 Å². The second-order valence-corrected chi connectivity index (χ2v) is 4.11. The van der Waals surface area contributed by atoms with Crippen molar-refractivity contribution in [3.05, 3.63) is 18.1 Å². The van der Waals surface area contributed by atoms with Crippen LogP contribution in [0.5, 0.6) is 0 Å². The number of carbonyl (C=O) groups is 1. The number of unbranched alkanes of at least 4 members (excludes halogenated alkanes) is 1. The van der Waals surface area contributed by atoms with Gasteiger partial charge in [-0.05, 0) is 12.8 Å². The fourth-order valence-corrected chi connectivity index (χ4v) is 1.41. The van der Waals surface area contributed by atoms with Crippen LogP contribution in [0, 0.1) is 0 Å². The quantitative estimate of drug-likeness (QED) is 0.662. The molecule has 1 aromatic heterocycles. The highest BCUT2D eigenvalue weighted by atomic mass is 16.5. The molecule has 0 fully saturated rings. The maximum absolute atomic E-state index is 11.8. The molecule has 1 heterocycles. The minimum atomic E-state index is -0.210. The minimum absolute atomic E-state index is 0.210. The molecule has 0 aromatic carbocycles. The van der Waals surface area contributed by atoms with Gasteiger partial charge < -0.3 is 15.4 Å². The number of anilines is 1. The number of hydrogen-bond acceptors (Lipinski definition) is 5. The summed E-state index contributed by atoms with van der Waals surface area (Å²) in [6, 6.07) is 0. The van der Waals surface area contributed by atoms with E-state index in [4.69, 9.17) is 4.74 Å². The van der Waals surface area contributed by atoms with Crippen LogP contribution in [0.3, 0.4) is 0 Å². The molecule has 0 saturated heterocycles. The number of amides is 1. The first-order chi connectivity index (χ1) is 9.27. The molecule has 0 aliphatic heterocycles. The Morgan fingerprint density at radius 2 is 2.11 bits per heavy atom. The Labute approximate surface area is 114 Å². The Balaban J connectivity index is 2.20. The van der Waals surface area contributed by atoms with Crippen LogP contribution in [0.4, 0.5) is 5.82 Å². The van der Waals surface area contributed by atoms with Crippen molar-refractivity contribution >= 4 is 11.7 Å². The summed E-state index contributed by atoms with van der Waals surface area (Å²) in [5.41, 5.74) is 0.318. The lowest BCUT2D eigenvalue weighted by atomic mass is 10.3. The van der Waals surface area contributed by atoms with E-state index in [1.54, 1.807) is 13.2 Å². The zero-order valence-corrected chi connectivity index (χ0v) is 11.6. The number of hydrogen-bond donors (Lipinski definition) is 2. The van der Waals surface area contributed by atoms with Crippen molar-refractivity contribution in [1.29, 1.82) is 0 Å². The summed E-state index contributed by atoms with van der Waals surface area (Å²) in [6.07, 6.45) is 6.04. The molecule has 0 bridgehead atoms. The van der Waals surface area contributed by atoms with Gasteiger partial charge in [-0.1, -0.05) is 13.3 Å². The summed E-state index contributed by atoms with van der Waals surface area (Å²) in [7, 11) is 1.74. The first-order valence-corrected chi connectivity index (χ1v) is 6.63. The molecule has 6 heteroatoms. The SMILES string of the molecule is CCCCOCCCNC(=O)c1cncc(NC)n1. The maximum Gasteiger partial charge on any atom is 0.271 e. The Morgan fingerprint density at radius 3 is 2.84 bits per heavy atom. The molecule has 1 aromatic rings. The zero-order valence-electron chi connectivity index (χ0n) is 11.6. The molecule has 0 atom stereocenters. The van der Waals surface area contributed by atoms with Crippen molar-refractivity contribution in [2.75, 3.05) is 32.1 Å². The van der Waals surface area contributed by atoms with Crippen molar-refractivity contribution in [2.24, 2.45) is 0 Å². The Morgan fingerprint density at radius 1 is 1.32 bits per heavy atom. The third-order valence-corrected chi connectivity index (χ3v) is 2.52. The summed E-state index contributed by atoms with van der Waals surface area (Å²) in [5.74, 6) is 0.369. The van der Waals surface area contributed by atoms with Gasteiger partial charge in [-0.15, -0.1) is 0 Å². The van der Waals surface area contributed by atoms with Crippen LogP contribution in [-0.4, -0.2) is 42.7 Å². The molecule has 1 amide bonds. The van der Waals surface area contributed by atoms with Gasteiger partial charge in [0.05, 0.1) is 12.4 Å². The molecular weight excluding hydrogens is 244 g/mol. The van der Waals surface area contributed by atoms with Crippen molar-refractivity contribution < 1.29 is 9.53 Å². The molecule has 19 heavy (non-hydrogen) atoms. The standard InChI is InChI=1S/C13H22N4O2/c1-3-4-7-19-8-5-6-16-13(18)11-9-15-10-12(14-2)17-11/h9-10H,3-8H2,1-2H3,(H,14,17)(H,16,18). The average Bonchev–Trinajstić information content (AvgIpc) is 2.46. The van der Waals surface area contributed by atoms with E-state index in [-0.39, 0.29) is 5.91 Å². The number of aromatic nitrogens is 2. The molecule has 0 saturated carbocycles. The third-order valence-electron chi connectivity index (χ3n) is 2.52. The predicted octanol–water partition coefficient (Wildman–Crippen LogP) is 1.45. The van der Waals surface area contributed by atoms with Crippen LogP contribution in [0.2, 0.25) is 0 Å². The highest BCUT2D eigenvalue weighted by molar-refractivity contribution is 5.92. The van der Waals surface area contributed by atoms with Gasteiger partial charge in [0.15, 0.2) is 0 Å². The van der Waals surface area contributed by atoms with Crippen molar-refractivity contribution in [3.8, 4) is 0 Å². The fourth-order valence-electron chi connectivity index (χ4n) is 1.41. The van der Waals surface area contributed by atoms with Gasteiger partial charge in [0, 0.05) is 26.8 Å². The lowest BCUT2D eigenvalue weighted by Gasteiger charge is -2.06. The smallest absolute Gasteiger partial charge is 0.271 e. The van der Waals surface area contributed by atoms with Gasteiger partial charge >= 0.3 is 0 Å². The Bertz CT molecular complexity index is 385. The Kier molecular flexibility index (Phi) is 7.50. The predicted molar refractivity (Wildman–Crippen MR) is 74.3 cm³/mol. The number of nitrogens with zero attached hydrogens (tertiary/aromatic N) is 2. The van der Waals surface area contributed by atoms with E-state index in [0.717, 1.165) is 25.9 Å². The van der Waals surface area contributed by atoms with Gasteiger partial charge in [0.25, 0.3) is 5.91 Å². The van der Waals surface area contributed by atoms with E-state index < -0.39 is 0 Å². The zero-order chi connectivity index (χ0) is 13.9. The van der Waals surface area contributed by atoms with Crippen LogP contribution in [0.1, 0.15) is 36.7 Å². The van der Waals surface area contributed by atoms with Gasteiger partial charge in [-0.25, -0.2) is 4.98 Å². The van der Waals surface area contributed by atoms with Gasteiger partial charge in [-0.2, -0.15) is 0 Å². The number of rotatable bonds is 9. The summed E-state index contributed by atoms with van der Waals surface area (Å²) >= 11 is 0. The normalized spacial score (nSPS) is 10.2.